The Balaban J connectivity index is 1.59. The van der Waals surface area contributed by atoms with Crippen LogP contribution in [0.15, 0.2) is 48.0 Å². The Labute approximate surface area is 170 Å². The number of hydrogen-bond donors (Lipinski definition) is 1. The molecule has 0 spiro atoms. The molecule has 140 valence electrons. The van der Waals surface area contributed by atoms with Gasteiger partial charge >= 0.3 is 0 Å². The zero-order chi connectivity index (χ0) is 19.5. The van der Waals surface area contributed by atoms with E-state index < -0.39 is 0 Å². The summed E-state index contributed by atoms with van der Waals surface area (Å²) in [6.07, 6.45) is 1.59. The number of anilines is 1. The van der Waals surface area contributed by atoms with Gasteiger partial charge in [-0.1, -0.05) is 11.6 Å². The molecule has 1 aromatic heterocycles. The average molecular weight is 412 g/mol. The van der Waals surface area contributed by atoms with E-state index in [0.717, 1.165) is 17.0 Å². The predicted molar refractivity (Wildman–Crippen MR) is 109 cm³/mol. The Hall–Kier alpha value is -3.21. The maximum Gasteiger partial charge on any atom is 0.231 e. The van der Waals surface area contributed by atoms with Crippen LogP contribution in [0.1, 0.15) is 5.01 Å². The van der Waals surface area contributed by atoms with Crippen molar-refractivity contribution >= 4 is 34.2 Å². The lowest BCUT2D eigenvalue weighted by Gasteiger charge is -2.08. The second-order valence-corrected chi connectivity index (χ2v) is 7.06. The third kappa shape index (κ3) is 3.60. The number of hydrogen-bond acceptors (Lipinski definition) is 7. The van der Waals surface area contributed by atoms with Gasteiger partial charge in [0.2, 0.25) is 6.79 Å². The van der Waals surface area contributed by atoms with Crippen LogP contribution in [0.5, 0.6) is 17.2 Å². The van der Waals surface area contributed by atoms with Crippen molar-refractivity contribution < 1.29 is 14.2 Å². The number of methoxy groups -OCH3 is 1. The highest BCUT2D eigenvalue weighted by Gasteiger charge is 2.16. The van der Waals surface area contributed by atoms with E-state index in [1.165, 1.54) is 11.3 Å². The number of nitrogens with zero attached hydrogens (tertiary/aromatic N) is 2. The molecule has 0 bridgehead atoms. The Morgan fingerprint density at radius 1 is 1.29 bits per heavy atom. The standard InChI is InChI=1S/C20H14ClN3O3S/c1-25-17-5-3-14(21)7-15(17)23-9-13(8-22)20-24-16(10-28-20)12-2-4-18-19(6-12)27-11-26-18/h2-7,9-10,23H,11H2,1H3. The highest BCUT2D eigenvalue weighted by Crippen LogP contribution is 2.36. The molecule has 2 aromatic carbocycles. The number of nitrogens with one attached hydrogen (secondary N) is 1. The monoisotopic (exact) mass is 411 g/mol. The maximum atomic E-state index is 9.56. The van der Waals surface area contributed by atoms with Crippen molar-refractivity contribution in [2.24, 2.45) is 0 Å². The third-order valence-electron chi connectivity index (χ3n) is 4.06. The van der Waals surface area contributed by atoms with Crippen LogP contribution in [-0.2, 0) is 0 Å². The summed E-state index contributed by atoms with van der Waals surface area (Å²) in [5.41, 5.74) is 2.72. The summed E-state index contributed by atoms with van der Waals surface area (Å²) in [5.74, 6) is 2.03. The first-order valence-electron chi connectivity index (χ1n) is 8.24. The van der Waals surface area contributed by atoms with Crippen LogP contribution in [0.25, 0.3) is 16.8 Å². The SMILES string of the molecule is COc1ccc(Cl)cc1NC=C(C#N)c1nc(-c2ccc3c(c2)OCO3)cs1. The number of halogens is 1. The molecule has 0 atom stereocenters. The van der Waals surface area contributed by atoms with E-state index in [2.05, 4.69) is 16.4 Å². The van der Waals surface area contributed by atoms with Crippen molar-refractivity contribution in [3.63, 3.8) is 0 Å². The van der Waals surface area contributed by atoms with Gasteiger partial charge in [-0.25, -0.2) is 4.98 Å². The molecule has 1 aliphatic rings. The molecule has 28 heavy (non-hydrogen) atoms. The summed E-state index contributed by atoms with van der Waals surface area (Å²) in [6.45, 7) is 0.223. The number of fused-ring (bicyclic) bond motifs is 1. The summed E-state index contributed by atoms with van der Waals surface area (Å²) in [5, 5.41) is 15.7. The number of thiazole rings is 1. The van der Waals surface area contributed by atoms with E-state index in [9.17, 15) is 5.26 Å². The minimum Gasteiger partial charge on any atom is -0.495 e. The first-order valence-corrected chi connectivity index (χ1v) is 9.50. The van der Waals surface area contributed by atoms with E-state index in [-0.39, 0.29) is 6.79 Å². The third-order valence-corrected chi connectivity index (χ3v) is 5.17. The second-order valence-electron chi connectivity index (χ2n) is 5.76. The molecule has 3 aromatic rings. The Morgan fingerprint density at radius 3 is 2.96 bits per heavy atom. The molecule has 0 unspecified atom stereocenters. The van der Waals surface area contributed by atoms with E-state index in [1.807, 2.05) is 23.6 Å². The normalized spacial score (nSPS) is 12.5. The summed E-state index contributed by atoms with van der Waals surface area (Å²) < 4.78 is 16.0. The van der Waals surface area contributed by atoms with Crippen LogP contribution in [0, 0.1) is 11.3 Å². The minimum atomic E-state index is 0.223. The van der Waals surface area contributed by atoms with Gasteiger partial charge in [0, 0.05) is 22.2 Å². The van der Waals surface area contributed by atoms with Gasteiger partial charge in [-0.2, -0.15) is 5.26 Å². The molecule has 8 heteroatoms. The fourth-order valence-electron chi connectivity index (χ4n) is 2.67. The molecule has 0 amide bonds. The number of benzene rings is 2. The first kappa shape index (κ1) is 18.2. The largest absolute Gasteiger partial charge is 0.495 e. The zero-order valence-corrected chi connectivity index (χ0v) is 16.3. The fourth-order valence-corrected chi connectivity index (χ4v) is 3.64. The molecule has 0 saturated heterocycles. The topological polar surface area (TPSA) is 76.4 Å². The molecule has 6 nitrogen and oxygen atoms in total. The average Bonchev–Trinajstić information content (AvgIpc) is 3.37. The molecule has 4 rings (SSSR count). The summed E-state index contributed by atoms with van der Waals surface area (Å²) in [6, 6.07) is 13.0. The van der Waals surface area contributed by atoms with Crippen LogP contribution in [0.2, 0.25) is 5.02 Å². The Kier molecular flexibility index (Phi) is 5.06. The Bertz CT molecular complexity index is 1100. The highest BCUT2D eigenvalue weighted by molar-refractivity contribution is 7.11. The van der Waals surface area contributed by atoms with Crippen LogP contribution in [-0.4, -0.2) is 18.9 Å². The molecule has 1 N–H and O–H groups in total. The number of rotatable bonds is 5. The smallest absolute Gasteiger partial charge is 0.231 e. The Morgan fingerprint density at radius 2 is 2.14 bits per heavy atom. The fraction of sp³-hybridized carbons (Fsp3) is 0.100. The quantitative estimate of drug-likeness (QED) is 0.583. The maximum absolute atomic E-state index is 9.56. The van der Waals surface area contributed by atoms with Crippen LogP contribution in [0.4, 0.5) is 5.69 Å². The van der Waals surface area contributed by atoms with Gasteiger partial charge in [0.15, 0.2) is 11.5 Å². The number of nitriles is 1. The van der Waals surface area contributed by atoms with Crippen molar-refractivity contribution in [2.45, 2.75) is 0 Å². The summed E-state index contributed by atoms with van der Waals surface area (Å²) in [7, 11) is 1.57. The molecule has 0 radical (unpaired) electrons. The highest BCUT2D eigenvalue weighted by atomic mass is 35.5. The van der Waals surface area contributed by atoms with Crippen LogP contribution < -0.4 is 19.5 Å². The first-order chi connectivity index (χ1) is 13.7. The van der Waals surface area contributed by atoms with Crippen molar-refractivity contribution in [3.05, 3.63) is 58.0 Å². The molecule has 0 fully saturated rings. The molecule has 1 aliphatic heterocycles. The zero-order valence-electron chi connectivity index (χ0n) is 14.7. The van der Waals surface area contributed by atoms with Crippen LogP contribution >= 0.6 is 22.9 Å². The summed E-state index contributed by atoms with van der Waals surface area (Å²) in [4.78, 5) is 4.58. The molecule has 0 saturated carbocycles. The lowest BCUT2D eigenvalue weighted by atomic mass is 10.1. The van der Waals surface area contributed by atoms with Gasteiger partial charge in [-0.05, 0) is 36.4 Å². The van der Waals surface area contributed by atoms with E-state index in [0.29, 0.717) is 32.8 Å². The van der Waals surface area contributed by atoms with E-state index in [1.54, 1.807) is 31.5 Å². The van der Waals surface area contributed by atoms with Gasteiger partial charge in [0.1, 0.15) is 22.4 Å². The molecular formula is C20H14ClN3O3S. The van der Waals surface area contributed by atoms with Gasteiger partial charge in [0.25, 0.3) is 0 Å². The van der Waals surface area contributed by atoms with Gasteiger partial charge in [-0.15, -0.1) is 11.3 Å². The van der Waals surface area contributed by atoms with Crippen molar-refractivity contribution in [1.82, 2.24) is 4.98 Å². The molecule has 0 aliphatic carbocycles. The van der Waals surface area contributed by atoms with E-state index >= 15 is 0 Å². The lowest BCUT2D eigenvalue weighted by Crippen LogP contribution is -1.95. The van der Waals surface area contributed by atoms with Crippen molar-refractivity contribution in [3.8, 4) is 34.6 Å². The van der Waals surface area contributed by atoms with Gasteiger partial charge in [0.05, 0.1) is 18.5 Å². The van der Waals surface area contributed by atoms with Crippen molar-refractivity contribution in [2.75, 3.05) is 19.2 Å². The van der Waals surface area contributed by atoms with Gasteiger partial charge in [-0.3, -0.25) is 0 Å². The summed E-state index contributed by atoms with van der Waals surface area (Å²) >= 11 is 7.43. The van der Waals surface area contributed by atoms with Gasteiger partial charge < -0.3 is 19.5 Å². The molecule has 2 heterocycles. The number of ether oxygens (including phenoxy) is 3. The van der Waals surface area contributed by atoms with E-state index in [4.69, 9.17) is 25.8 Å². The minimum absolute atomic E-state index is 0.223. The predicted octanol–water partition coefficient (Wildman–Crippen LogP) is 5.18. The molecular weight excluding hydrogens is 398 g/mol. The number of allylic oxidation sites excluding steroid dienone is 1. The second kappa shape index (κ2) is 7.80. The van der Waals surface area contributed by atoms with Crippen LogP contribution in [0.3, 0.4) is 0 Å². The lowest BCUT2D eigenvalue weighted by molar-refractivity contribution is 0.174. The number of aromatic nitrogens is 1. The van der Waals surface area contributed by atoms with Crippen molar-refractivity contribution in [1.29, 1.82) is 5.26 Å².